The summed E-state index contributed by atoms with van der Waals surface area (Å²) in [6.07, 6.45) is 4.67. The number of benzene rings is 2. The molecule has 0 aliphatic carbocycles. The quantitative estimate of drug-likeness (QED) is 0.748. The average molecular weight is 326 g/mol. The molecule has 0 saturated carbocycles. The van der Waals surface area contributed by atoms with E-state index in [2.05, 4.69) is 20.8 Å². The van der Waals surface area contributed by atoms with Crippen LogP contribution >= 0.6 is 11.6 Å². The van der Waals surface area contributed by atoms with Crippen molar-refractivity contribution in [3.8, 4) is 5.69 Å². The first-order valence-electron chi connectivity index (χ1n) is 6.79. The molecule has 114 valence electrons. The van der Waals surface area contributed by atoms with Gasteiger partial charge in [-0.05, 0) is 52.4 Å². The van der Waals surface area contributed by atoms with Crippen LogP contribution in [0.4, 0.5) is 5.69 Å². The molecule has 0 spiro atoms. The van der Waals surface area contributed by atoms with Gasteiger partial charge in [0, 0.05) is 16.8 Å². The van der Waals surface area contributed by atoms with Crippen molar-refractivity contribution >= 4 is 29.3 Å². The van der Waals surface area contributed by atoms with Gasteiger partial charge in [-0.1, -0.05) is 29.8 Å². The molecule has 6 nitrogen and oxygen atoms in total. The summed E-state index contributed by atoms with van der Waals surface area (Å²) in [7, 11) is 0. The molecule has 7 heteroatoms. The Morgan fingerprint density at radius 3 is 2.74 bits per heavy atom. The monoisotopic (exact) mass is 325 g/mol. The number of nitrogens with one attached hydrogen (secondary N) is 1. The highest BCUT2D eigenvalue weighted by Gasteiger charge is 2.02. The number of rotatable bonds is 4. The summed E-state index contributed by atoms with van der Waals surface area (Å²) < 4.78 is 1.51. The van der Waals surface area contributed by atoms with Crippen LogP contribution in [0.25, 0.3) is 11.8 Å². The summed E-state index contributed by atoms with van der Waals surface area (Å²) in [5, 5.41) is 14.4. The minimum atomic E-state index is -0.228. The lowest BCUT2D eigenvalue weighted by atomic mass is 10.2. The van der Waals surface area contributed by atoms with Crippen molar-refractivity contribution < 1.29 is 4.79 Å². The Balaban J connectivity index is 1.68. The summed E-state index contributed by atoms with van der Waals surface area (Å²) in [6, 6.07) is 14.5. The number of amides is 1. The molecule has 1 heterocycles. The van der Waals surface area contributed by atoms with Crippen LogP contribution in [0.1, 0.15) is 5.56 Å². The standard InChI is InChI=1S/C16H12ClN5O/c17-13-7-4-12(5-8-13)6-9-16(23)19-14-2-1-3-15(10-14)22-11-18-20-21-22/h1-11H,(H,19,23)/b9-6+. The average Bonchev–Trinajstić information content (AvgIpc) is 3.09. The Bertz CT molecular complexity index is 828. The van der Waals surface area contributed by atoms with E-state index in [-0.39, 0.29) is 5.91 Å². The Morgan fingerprint density at radius 1 is 1.17 bits per heavy atom. The van der Waals surface area contributed by atoms with Crippen molar-refractivity contribution in [1.82, 2.24) is 20.2 Å². The molecule has 1 aromatic heterocycles. The van der Waals surface area contributed by atoms with E-state index in [0.717, 1.165) is 11.3 Å². The number of hydrogen-bond donors (Lipinski definition) is 1. The third kappa shape index (κ3) is 4.02. The summed E-state index contributed by atoms with van der Waals surface area (Å²) in [5.41, 5.74) is 2.31. The van der Waals surface area contributed by atoms with Crippen LogP contribution in [0.2, 0.25) is 5.02 Å². The van der Waals surface area contributed by atoms with Crippen molar-refractivity contribution in [3.05, 3.63) is 71.5 Å². The molecule has 0 unspecified atom stereocenters. The molecular weight excluding hydrogens is 314 g/mol. The van der Waals surface area contributed by atoms with Crippen molar-refractivity contribution in [3.63, 3.8) is 0 Å². The van der Waals surface area contributed by atoms with E-state index in [1.165, 1.54) is 17.1 Å². The fraction of sp³-hybridized carbons (Fsp3) is 0. The predicted molar refractivity (Wildman–Crippen MR) is 88.3 cm³/mol. The molecule has 0 fully saturated rings. The summed E-state index contributed by atoms with van der Waals surface area (Å²) in [5.74, 6) is -0.228. The Hall–Kier alpha value is -2.99. The van der Waals surface area contributed by atoms with E-state index >= 15 is 0 Å². The normalized spacial score (nSPS) is 10.8. The van der Waals surface area contributed by atoms with Gasteiger partial charge >= 0.3 is 0 Å². The molecule has 0 bridgehead atoms. The highest BCUT2D eigenvalue weighted by molar-refractivity contribution is 6.30. The Kier molecular flexibility index (Phi) is 4.44. The summed E-state index contributed by atoms with van der Waals surface area (Å²) >= 11 is 5.82. The van der Waals surface area contributed by atoms with Crippen molar-refractivity contribution in [1.29, 1.82) is 0 Å². The number of carbonyl (C=O) groups excluding carboxylic acids is 1. The van der Waals surface area contributed by atoms with Gasteiger partial charge in [0.2, 0.25) is 5.91 Å². The second kappa shape index (κ2) is 6.85. The van der Waals surface area contributed by atoms with Crippen LogP contribution in [-0.4, -0.2) is 26.1 Å². The molecule has 3 rings (SSSR count). The van der Waals surface area contributed by atoms with Crippen molar-refractivity contribution in [2.45, 2.75) is 0 Å². The lowest BCUT2D eigenvalue weighted by Crippen LogP contribution is -2.08. The first-order chi connectivity index (χ1) is 11.2. The maximum absolute atomic E-state index is 12.0. The van der Waals surface area contributed by atoms with Gasteiger partial charge in [0.25, 0.3) is 0 Å². The van der Waals surface area contributed by atoms with E-state index in [1.54, 1.807) is 30.3 Å². The van der Waals surface area contributed by atoms with Crippen molar-refractivity contribution in [2.24, 2.45) is 0 Å². The smallest absolute Gasteiger partial charge is 0.248 e. The molecule has 1 N–H and O–H groups in total. The highest BCUT2D eigenvalue weighted by Crippen LogP contribution is 2.14. The maximum atomic E-state index is 12.0. The Labute approximate surface area is 137 Å². The van der Waals surface area contributed by atoms with Gasteiger partial charge in [-0.15, -0.1) is 5.10 Å². The first-order valence-corrected chi connectivity index (χ1v) is 7.16. The topological polar surface area (TPSA) is 72.7 Å². The van der Waals surface area contributed by atoms with Gasteiger partial charge < -0.3 is 5.32 Å². The second-order valence-corrected chi connectivity index (χ2v) is 5.12. The molecule has 0 aliphatic rings. The van der Waals surface area contributed by atoms with E-state index in [0.29, 0.717) is 10.7 Å². The summed E-state index contributed by atoms with van der Waals surface area (Å²) in [4.78, 5) is 12.0. The van der Waals surface area contributed by atoms with Gasteiger partial charge in [-0.25, -0.2) is 4.68 Å². The van der Waals surface area contributed by atoms with Crippen LogP contribution < -0.4 is 5.32 Å². The second-order valence-electron chi connectivity index (χ2n) is 4.68. The zero-order valence-corrected chi connectivity index (χ0v) is 12.7. The molecular formula is C16H12ClN5O. The first kappa shape index (κ1) is 14.9. The van der Waals surface area contributed by atoms with Crippen LogP contribution in [0.3, 0.4) is 0 Å². The molecule has 0 atom stereocenters. The van der Waals surface area contributed by atoms with Gasteiger partial charge in [-0.3, -0.25) is 4.79 Å². The van der Waals surface area contributed by atoms with Crippen LogP contribution in [0.15, 0.2) is 60.9 Å². The number of tetrazole rings is 1. The van der Waals surface area contributed by atoms with E-state index in [1.807, 2.05) is 24.3 Å². The predicted octanol–water partition coefficient (Wildman–Crippen LogP) is 2.97. The number of anilines is 1. The van der Waals surface area contributed by atoms with Gasteiger partial charge in [-0.2, -0.15) is 0 Å². The number of nitrogens with zero attached hydrogens (tertiary/aromatic N) is 4. The number of hydrogen-bond acceptors (Lipinski definition) is 4. The third-order valence-corrected chi connectivity index (χ3v) is 3.28. The minimum Gasteiger partial charge on any atom is -0.322 e. The zero-order chi connectivity index (χ0) is 16.1. The van der Waals surface area contributed by atoms with E-state index in [4.69, 9.17) is 11.6 Å². The maximum Gasteiger partial charge on any atom is 0.248 e. The van der Waals surface area contributed by atoms with E-state index in [9.17, 15) is 4.79 Å². The van der Waals surface area contributed by atoms with Crippen LogP contribution in [0.5, 0.6) is 0 Å². The largest absolute Gasteiger partial charge is 0.322 e. The fourth-order valence-electron chi connectivity index (χ4n) is 1.94. The van der Waals surface area contributed by atoms with Crippen LogP contribution in [0, 0.1) is 0 Å². The van der Waals surface area contributed by atoms with Gasteiger partial charge in [0.15, 0.2) is 0 Å². The molecule has 0 saturated heterocycles. The summed E-state index contributed by atoms with van der Waals surface area (Å²) in [6.45, 7) is 0. The number of carbonyl (C=O) groups is 1. The molecule has 2 aromatic carbocycles. The molecule has 0 aliphatic heterocycles. The molecule has 3 aromatic rings. The molecule has 0 radical (unpaired) electrons. The van der Waals surface area contributed by atoms with Gasteiger partial charge in [0.05, 0.1) is 5.69 Å². The van der Waals surface area contributed by atoms with Crippen molar-refractivity contribution in [2.75, 3.05) is 5.32 Å². The third-order valence-electron chi connectivity index (χ3n) is 3.02. The Morgan fingerprint density at radius 2 is 2.00 bits per heavy atom. The molecule has 23 heavy (non-hydrogen) atoms. The fourth-order valence-corrected chi connectivity index (χ4v) is 2.06. The highest BCUT2D eigenvalue weighted by atomic mass is 35.5. The van der Waals surface area contributed by atoms with Gasteiger partial charge in [0.1, 0.15) is 6.33 Å². The lowest BCUT2D eigenvalue weighted by Gasteiger charge is -2.05. The zero-order valence-electron chi connectivity index (χ0n) is 11.9. The SMILES string of the molecule is O=C(/C=C/c1ccc(Cl)cc1)Nc1cccc(-n2cnnn2)c1. The number of halogens is 1. The minimum absolute atomic E-state index is 0.228. The lowest BCUT2D eigenvalue weighted by molar-refractivity contribution is -0.111. The van der Waals surface area contributed by atoms with Crippen LogP contribution in [-0.2, 0) is 4.79 Å². The van der Waals surface area contributed by atoms with E-state index < -0.39 is 0 Å². The molecule has 1 amide bonds. The number of aromatic nitrogens is 4.